The molecule has 2 aromatic rings. The number of amides is 3. The topological polar surface area (TPSA) is 66.5 Å². The second-order valence-corrected chi connectivity index (χ2v) is 5.68. The van der Waals surface area contributed by atoms with Gasteiger partial charge in [-0.15, -0.1) is 0 Å². The molecule has 0 aromatic heterocycles. The van der Waals surface area contributed by atoms with Crippen LogP contribution >= 0.6 is 0 Å². The maximum absolute atomic E-state index is 12.3. The average Bonchev–Trinajstić information content (AvgIpc) is 2.74. The Morgan fingerprint density at radius 1 is 0.913 bits per heavy atom. The number of hydrogen-bond acceptors (Lipinski definition) is 3. The van der Waals surface area contributed by atoms with Gasteiger partial charge in [0.25, 0.3) is 17.7 Å². The van der Waals surface area contributed by atoms with E-state index in [9.17, 15) is 14.4 Å². The zero-order valence-electron chi connectivity index (χ0n) is 13.1. The summed E-state index contributed by atoms with van der Waals surface area (Å²) in [6.07, 6.45) is 0. The summed E-state index contributed by atoms with van der Waals surface area (Å²) in [7, 11) is 1.44. The first-order valence-corrected chi connectivity index (χ1v) is 7.23. The van der Waals surface area contributed by atoms with Crippen LogP contribution in [0.2, 0.25) is 0 Å². The summed E-state index contributed by atoms with van der Waals surface area (Å²) in [6, 6.07) is 10.2. The number of rotatable bonds is 2. The van der Waals surface area contributed by atoms with E-state index >= 15 is 0 Å². The molecule has 0 radical (unpaired) electrons. The molecule has 0 atom stereocenters. The van der Waals surface area contributed by atoms with Crippen LogP contribution in [-0.2, 0) is 0 Å². The van der Waals surface area contributed by atoms with Crippen molar-refractivity contribution < 1.29 is 14.4 Å². The minimum atomic E-state index is -0.354. The van der Waals surface area contributed by atoms with Crippen molar-refractivity contribution >= 4 is 23.4 Å². The number of aryl methyl sites for hydroxylation is 2. The van der Waals surface area contributed by atoms with Crippen molar-refractivity contribution in [3.8, 4) is 0 Å². The van der Waals surface area contributed by atoms with Gasteiger partial charge < -0.3 is 5.32 Å². The highest BCUT2D eigenvalue weighted by Gasteiger charge is 2.32. The van der Waals surface area contributed by atoms with Gasteiger partial charge in [0.05, 0.1) is 11.1 Å². The van der Waals surface area contributed by atoms with E-state index in [1.165, 1.54) is 13.1 Å². The zero-order valence-corrected chi connectivity index (χ0v) is 13.1. The van der Waals surface area contributed by atoms with Crippen LogP contribution in [0.3, 0.4) is 0 Å². The van der Waals surface area contributed by atoms with E-state index in [0.29, 0.717) is 22.4 Å². The predicted octanol–water partition coefficient (Wildman–Crippen LogP) is 2.78. The molecular weight excluding hydrogens is 292 g/mol. The van der Waals surface area contributed by atoms with Gasteiger partial charge in [-0.05, 0) is 55.3 Å². The Labute approximate surface area is 133 Å². The molecule has 116 valence electrons. The third kappa shape index (κ3) is 2.50. The Balaban J connectivity index is 1.87. The molecule has 1 heterocycles. The third-order valence-corrected chi connectivity index (χ3v) is 4.12. The molecule has 5 heteroatoms. The minimum absolute atomic E-state index is 0.252. The fourth-order valence-corrected chi connectivity index (χ4v) is 2.52. The highest BCUT2D eigenvalue weighted by molar-refractivity contribution is 6.21. The number of carbonyl (C=O) groups excluding carboxylic acids is 3. The number of nitrogens with one attached hydrogen (secondary N) is 1. The van der Waals surface area contributed by atoms with Gasteiger partial charge in [0.15, 0.2) is 0 Å². The van der Waals surface area contributed by atoms with Gasteiger partial charge in [0.2, 0.25) is 0 Å². The number of nitrogens with zero attached hydrogens (tertiary/aromatic N) is 1. The van der Waals surface area contributed by atoms with Crippen LogP contribution < -0.4 is 5.32 Å². The van der Waals surface area contributed by atoms with Gasteiger partial charge in [0, 0.05) is 18.3 Å². The largest absolute Gasteiger partial charge is 0.322 e. The van der Waals surface area contributed by atoms with Crippen molar-refractivity contribution in [2.45, 2.75) is 13.8 Å². The van der Waals surface area contributed by atoms with Crippen molar-refractivity contribution in [2.75, 3.05) is 12.4 Å². The van der Waals surface area contributed by atoms with Gasteiger partial charge in [-0.3, -0.25) is 19.3 Å². The Morgan fingerprint density at radius 3 is 2.30 bits per heavy atom. The smallest absolute Gasteiger partial charge is 0.261 e. The fourth-order valence-electron chi connectivity index (χ4n) is 2.52. The first-order valence-electron chi connectivity index (χ1n) is 7.23. The van der Waals surface area contributed by atoms with Crippen LogP contribution in [-0.4, -0.2) is 29.7 Å². The van der Waals surface area contributed by atoms with E-state index in [1.54, 1.807) is 18.2 Å². The molecule has 3 rings (SSSR count). The number of hydrogen-bond donors (Lipinski definition) is 1. The monoisotopic (exact) mass is 308 g/mol. The average molecular weight is 308 g/mol. The highest BCUT2D eigenvalue weighted by atomic mass is 16.2. The molecule has 5 nitrogen and oxygen atoms in total. The summed E-state index contributed by atoms with van der Waals surface area (Å²) in [6.45, 7) is 3.93. The van der Waals surface area contributed by atoms with Gasteiger partial charge in [-0.1, -0.05) is 6.07 Å². The molecule has 1 aliphatic rings. The lowest BCUT2D eigenvalue weighted by atomic mass is 10.1. The number of benzene rings is 2. The highest BCUT2D eigenvalue weighted by Crippen LogP contribution is 2.25. The molecule has 0 fully saturated rings. The Morgan fingerprint density at radius 2 is 1.61 bits per heavy atom. The summed E-state index contributed by atoms with van der Waals surface area (Å²) < 4.78 is 0. The number of carbonyl (C=O) groups is 3. The van der Waals surface area contributed by atoms with Crippen molar-refractivity contribution in [3.05, 3.63) is 64.2 Å². The van der Waals surface area contributed by atoms with Crippen molar-refractivity contribution in [3.63, 3.8) is 0 Å². The van der Waals surface area contributed by atoms with Gasteiger partial charge in [-0.25, -0.2) is 0 Å². The Bertz CT molecular complexity index is 855. The van der Waals surface area contributed by atoms with Crippen LogP contribution in [0, 0.1) is 13.8 Å². The molecule has 23 heavy (non-hydrogen) atoms. The molecular formula is C18H16N2O3. The van der Waals surface area contributed by atoms with Crippen molar-refractivity contribution in [1.29, 1.82) is 0 Å². The van der Waals surface area contributed by atoms with Crippen LogP contribution in [0.5, 0.6) is 0 Å². The standard InChI is InChI=1S/C18H16N2O3/c1-10-4-5-12(8-11(10)2)16(21)19-13-6-7-14-15(9-13)18(23)20(3)17(14)22/h4-9H,1-3H3,(H,19,21). The molecule has 0 aliphatic carbocycles. The molecule has 0 bridgehead atoms. The van der Waals surface area contributed by atoms with Gasteiger partial charge >= 0.3 is 0 Å². The number of fused-ring (bicyclic) bond motifs is 1. The van der Waals surface area contributed by atoms with E-state index < -0.39 is 0 Å². The Kier molecular flexibility index (Phi) is 3.48. The lowest BCUT2D eigenvalue weighted by molar-refractivity contribution is 0.0692. The molecule has 3 amide bonds. The second kappa shape index (κ2) is 5.35. The SMILES string of the molecule is Cc1ccc(C(=O)Nc2ccc3c(c2)C(=O)N(C)C3=O)cc1C. The normalized spacial score (nSPS) is 13.3. The molecule has 0 unspecified atom stereocenters. The summed E-state index contributed by atoms with van der Waals surface area (Å²) in [5.41, 5.74) is 3.87. The lowest BCUT2D eigenvalue weighted by Crippen LogP contribution is -2.24. The predicted molar refractivity (Wildman–Crippen MR) is 86.7 cm³/mol. The van der Waals surface area contributed by atoms with E-state index in [2.05, 4.69) is 5.32 Å². The number of imide groups is 1. The quantitative estimate of drug-likeness (QED) is 0.868. The maximum Gasteiger partial charge on any atom is 0.261 e. The molecule has 1 aliphatic heterocycles. The summed E-state index contributed by atoms with van der Waals surface area (Å²) in [5, 5.41) is 2.76. The van der Waals surface area contributed by atoms with Crippen LogP contribution in [0.4, 0.5) is 5.69 Å². The second-order valence-electron chi connectivity index (χ2n) is 5.68. The maximum atomic E-state index is 12.3. The van der Waals surface area contributed by atoms with E-state index in [0.717, 1.165) is 16.0 Å². The van der Waals surface area contributed by atoms with Crippen LogP contribution in [0.1, 0.15) is 42.2 Å². The first kappa shape index (κ1) is 15.0. The molecule has 2 aromatic carbocycles. The zero-order chi connectivity index (χ0) is 16.7. The van der Waals surface area contributed by atoms with Crippen LogP contribution in [0.25, 0.3) is 0 Å². The van der Waals surface area contributed by atoms with Gasteiger partial charge in [-0.2, -0.15) is 0 Å². The molecule has 0 spiro atoms. The van der Waals surface area contributed by atoms with Crippen molar-refractivity contribution in [2.24, 2.45) is 0 Å². The van der Waals surface area contributed by atoms with Crippen molar-refractivity contribution in [1.82, 2.24) is 4.90 Å². The molecule has 1 N–H and O–H groups in total. The molecule has 0 saturated carbocycles. The van der Waals surface area contributed by atoms with E-state index in [4.69, 9.17) is 0 Å². The van der Waals surface area contributed by atoms with E-state index in [-0.39, 0.29) is 17.7 Å². The fraction of sp³-hybridized carbons (Fsp3) is 0.167. The Hall–Kier alpha value is -2.95. The number of anilines is 1. The molecule has 0 saturated heterocycles. The summed E-state index contributed by atoms with van der Waals surface area (Å²) in [4.78, 5) is 37.2. The summed E-state index contributed by atoms with van der Waals surface area (Å²) >= 11 is 0. The van der Waals surface area contributed by atoms with E-state index in [1.807, 2.05) is 26.0 Å². The summed E-state index contributed by atoms with van der Waals surface area (Å²) in [5.74, 6) is -0.928. The lowest BCUT2D eigenvalue weighted by Gasteiger charge is -2.08. The van der Waals surface area contributed by atoms with Crippen LogP contribution in [0.15, 0.2) is 36.4 Å². The first-order chi connectivity index (χ1) is 10.9. The minimum Gasteiger partial charge on any atom is -0.322 e. The van der Waals surface area contributed by atoms with Gasteiger partial charge in [0.1, 0.15) is 0 Å². The third-order valence-electron chi connectivity index (χ3n) is 4.12.